The molecular weight excluding hydrogens is 340 g/mol. The topological polar surface area (TPSA) is 106 Å². The van der Waals surface area contributed by atoms with Gasteiger partial charge >= 0.3 is 0 Å². The Bertz CT molecular complexity index is 980. The zero-order valence-electron chi connectivity index (χ0n) is 13.4. The Morgan fingerprint density at radius 2 is 2.16 bits per heavy atom. The predicted octanol–water partition coefficient (Wildman–Crippen LogP) is 0.880. The van der Waals surface area contributed by atoms with Gasteiger partial charge in [-0.05, 0) is 31.1 Å². The maximum atomic E-state index is 12.3. The first-order chi connectivity index (χ1) is 12.1. The summed E-state index contributed by atoms with van der Waals surface area (Å²) in [6, 6.07) is 0. The number of allylic oxidation sites excluding steroid dienone is 2. The average molecular weight is 356 g/mol. The van der Waals surface area contributed by atoms with E-state index in [-0.39, 0.29) is 23.7 Å². The summed E-state index contributed by atoms with van der Waals surface area (Å²) in [5.74, 6) is 0.250. The summed E-state index contributed by atoms with van der Waals surface area (Å²) in [6.07, 6.45) is 9.06. The van der Waals surface area contributed by atoms with Gasteiger partial charge in [0.1, 0.15) is 10.8 Å². The van der Waals surface area contributed by atoms with Crippen molar-refractivity contribution in [2.45, 2.75) is 19.3 Å². The summed E-state index contributed by atoms with van der Waals surface area (Å²) in [4.78, 5) is 34.9. The molecule has 0 aromatic carbocycles. The van der Waals surface area contributed by atoms with E-state index in [0.717, 1.165) is 25.9 Å². The second-order valence-corrected chi connectivity index (χ2v) is 6.92. The number of nitrogens with zero attached hydrogens (tertiary/aromatic N) is 5. The van der Waals surface area contributed by atoms with Crippen molar-refractivity contribution in [3.8, 4) is 0 Å². The molecule has 8 nitrogen and oxygen atoms in total. The molecule has 0 aliphatic carbocycles. The quantitative estimate of drug-likeness (QED) is 0.879. The van der Waals surface area contributed by atoms with E-state index in [1.165, 1.54) is 15.9 Å². The van der Waals surface area contributed by atoms with Gasteiger partial charge in [-0.3, -0.25) is 14.6 Å². The summed E-state index contributed by atoms with van der Waals surface area (Å²) >= 11 is 1.21. The van der Waals surface area contributed by atoms with Crippen LogP contribution in [0.2, 0.25) is 0 Å². The molecule has 128 valence electrons. The van der Waals surface area contributed by atoms with Crippen molar-refractivity contribution in [3.05, 3.63) is 38.8 Å². The first-order valence-corrected chi connectivity index (χ1v) is 8.82. The molecule has 2 aromatic rings. The van der Waals surface area contributed by atoms with Crippen molar-refractivity contribution < 1.29 is 4.79 Å². The van der Waals surface area contributed by atoms with Gasteiger partial charge in [0.2, 0.25) is 10.9 Å². The molecule has 2 aliphatic heterocycles. The lowest BCUT2D eigenvalue weighted by Gasteiger charge is -2.13. The fraction of sp³-hybridized carbons (Fsp3) is 0.312. The highest BCUT2D eigenvalue weighted by Gasteiger charge is 2.21. The number of nitrogen functional groups attached to an aromatic ring is 1. The molecule has 25 heavy (non-hydrogen) atoms. The van der Waals surface area contributed by atoms with Gasteiger partial charge in [0.05, 0.1) is 17.7 Å². The number of anilines is 1. The standard InChI is InChI=1S/C16H16N6O2S/c17-14-11(8-10-4-3-5-18-10)15(24)19-16-22(14)20-12(25-16)9-13(23)21-6-1-2-7-21/h3-5,8H,1-2,6-7,9,17H2. The van der Waals surface area contributed by atoms with Crippen LogP contribution in [-0.2, 0) is 11.2 Å². The van der Waals surface area contributed by atoms with E-state index in [9.17, 15) is 9.59 Å². The van der Waals surface area contributed by atoms with Gasteiger partial charge < -0.3 is 10.6 Å². The molecule has 0 bridgehead atoms. The summed E-state index contributed by atoms with van der Waals surface area (Å²) in [5, 5.41) is 4.97. The smallest absolute Gasteiger partial charge is 0.283 e. The molecule has 2 N–H and O–H groups in total. The number of aliphatic imine (C=N–C) groups is 1. The van der Waals surface area contributed by atoms with Crippen LogP contribution < -0.4 is 11.3 Å². The average Bonchev–Trinajstić information content (AvgIpc) is 3.32. The highest BCUT2D eigenvalue weighted by molar-refractivity contribution is 7.16. The number of carbonyl (C=O) groups excluding carboxylic acids is 1. The van der Waals surface area contributed by atoms with Gasteiger partial charge in [0.25, 0.3) is 5.56 Å². The number of nitrogens with two attached hydrogens (primary N) is 1. The third-order valence-electron chi connectivity index (χ3n) is 4.16. The van der Waals surface area contributed by atoms with Crippen LogP contribution in [0.25, 0.3) is 11.0 Å². The first kappa shape index (κ1) is 15.7. The Hall–Kier alpha value is -2.81. The van der Waals surface area contributed by atoms with Crippen LogP contribution in [0.15, 0.2) is 27.6 Å². The third-order valence-corrected chi connectivity index (χ3v) is 5.07. The molecule has 0 spiro atoms. The number of likely N-dealkylation sites (tertiary alicyclic amines) is 1. The van der Waals surface area contributed by atoms with Gasteiger partial charge in [-0.25, -0.2) is 0 Å². The molecule has 0 radical (unpaired) electrons. The molecular formula is C16H16N6O2S. The van der Waals surface area contributed by atoms with Crippen LogP contribution >= 0.6 is 11.3 Å². The summed E-state index contributed by atoms with van der Waals surface area (Å²) in [5.41, 5.74) is 6.57. The number of aromatic nitrogens is 3. The van der Waals surface area contributed by atoms with E-state index in [4.69, 9.17) is 5.73 Å². The second-order valence-electron chi connectivity index (χ2n) is 5.88. The van der Waals surface area contributed by atoms with Gasteiger partial charge in [-0.1, -0.05) is 11.3 Å². The maximum Gasteiger partial charge on any atom is 0.283 e. The van der Waals surface area contributed by atoms with Crippen molar-refractivity contribution >= 4 is 40.3 Å². The minimum absolute atomic E-state index is 0.0471. The fourth-order valence-electron chi connectivity index (χ4n) is 2.88. The molecule has 1 fully saturated rings. The number of hydrogen-bond acceptors (Lipinski definition) is 7. The summed E-state index contributed by atoms with van der Waals surface area (Å²) in [6.45, 7) is 1.60. The maximum absolute atomic E-state index is 12.3. The SMILES string of the molecule is Nc1c(C=C2C=CC=N2)c(=O)nc2sc(CC(=O)N3CCCC3)nn12. The van der Waals surface area contributed by atoms with E-state index in [0.29, 0.717) is 15.7 Å². The number of fused-ring (bicyclic) bond motifs is 1. The Labute approximate surface area is 147 Å². The Balaban J connectivity index is 1.68. The third kappa shape index (κ3) is 2.98. The minimum Gasteiger partial charge on any atom is -0.383 e. The molecule has 4 heterocycles. The van der Waals surface area contributed by atoms with E-state index in [2.05, 4.69) is 15.1 Å². The highest BCUT2D eigenvalue weighted by atomic mass is 32.1. The molecule has 0 atom stereocenters. The zero-order valence-corrected chi connectivity index (χ0v) is 14.2. The minimum atomic E-state index is -0.429. The lowest BCUT2D eigenvalue weighted by Crippen LogP contribution is -2.29. The van der Waals surface area contributed by atoms with E-state index >= 15 is 0 Å². The number of amides is 1. The number of rotatable bonds is 3. The van der Waals surface area contributed by atoms with Crippen molar-refractivity contribution in [2.75, 3.05) is 18.8 Å². The Kier molecular flexibility index (Phi) is 3.92. The van der Waals surface area contributed by atoms with Crippen LogP contribution in [0.3, 0.4) is 0 Å². The lowest BCUT2D eigenvalue weighted by atomic mass is 10.2. The molecule has 9 heteroatoms. The van der Waals surface area contributed by atoms with Crippen LogP contribution in [-0.4, -0.2) is 44.7 Å². The van der Waals surface area contributed by atoms with E-state index < -0.39 is 5.56 Å². The zero-order chi connectivity index (χ0) is 17.4. The van der Waals surface area contributed by atoms with Crippen molar-refractivity contribution in [1.29, 1.82) is 0 Å². The highest BCUT2D eigenvalue weighted by Crippen LogP contribution is 2.20. The lowest BCUT2D eigenvalue weighted by molar-refractivity contribution is -0.129. The molecule has 4 rings (SSSR count). The van der Waals surface area contributed by atoms with E-state index in [1.54, 1.807) is 24.4 Å². The fourth-order valence-corrected chi connectivity index (χ4v) is 3.77. The monoisotopic (exact) mass is 356 g/mol. The van der Waals surface area contributed by atoms with Gasteiger partial charge in [-0.2, -0.15) is 14.6 Å². The van der Waals surface area contributed by atoms with Crippen molar-refractivity contribution in [1.82, 2.24) is 19.5 Å². The van der Waals surface area contributed by atoms with E-state index in [1.807, 2.05) is 4.90 Å². The van der Waals surface area contributed by atoms with Crippen molar-refractivity contribution in [3.63, 3.8) is 0 Å². The summed E-state index contributed by atoms with van der Waals surface area (Å²) < 4.78 is 1.42. The van der Waals surface area contributed by atoms with Crippen LogP contribution in [0.4, 0.5) is 5.82 Å². The second kappa shape index (κ2) is 6.25. The van der Waals surface area contributed by atoms with Crippen LogP contribution in [0.1, 0.15) is 23.4 Å². The largest absolute Gasteiger partial charge is 0.383 e. The molecule has 0 unspecified atom stereocenters. The molecule has 0 saturated carbocycles. The normalized spacial score (nSPS) is 18.1. The molecule has 2 aliphatic rings. The van der Waals surface area contributed by atoms with Gasteiger partial charge in [0.15, 0.2) is 0 Å². The summed E-state index contributed by atoms with van der Waals surface area (Å²) in [7, 11) is 0. The Morgan fingerprint density at radius 3 is 2.88 bits per heavy atom. The molecule has 1 amide bonds. The molecule has 2 aromatic heterocycles. The van der Waals surface area contributed by atoms with Crippen molar-refractivity contribution in [2.24, 2.45) is 4.99 Å². The molecule has 1 saturated heterocycles. The van der Waals surface area contributed by atoms with Crippen LogP contribution in [0.5, 0.6) is 0 Å². The van der Waals surface area contributed by atoms with Gasteiger partial charge in [0, 0.05) is 19.3 Å². The predicted molar refractivity (Wildman–Crippen MR) is 96.7 cm³/mol. The first-order valence-electron chi connectivity index (χ1n) is 8.00. The van der Waals surface area contributed by atoms with Crippen LogP contribution in [0, 0.1) is 0 Å². The number of hydrogen-bond donors (Lipinski definition) is 1. The van der Waals surface area contributed by atoms with Gasteiger partial charge in [-0.15, -0.1) is 0 Å². The number of carbonyl (C=O) groups is 1. The Morgan fingerprint density at radius 1 is 1.36 bits per heavy atom.